The van der Waals surface area contributed by atoms with E-state index < -0.39 is 0 Å². The van der Waals surface area contributed by atoms with Gasteiger partial charge in [-0.1, -0.05) is 78.9 Å². The summed E-state index contributed by atoms with van der Waals surface area (Å²) in [6, 6.07) is 31.1. The molecule has 36 heavy (non-hydrogen) atoms. The average molecular weight is 479 g/mol. The van der Waals surface area contributed by atoms with Crippen molar-refractivity contribution in [2.75, 3.05) is 24.3 Å². The van der Waals surface area contributed by atoms with E-state index in [0.717, 1.165) is 59.2 Å². The number of aromatic nitrogens is 1. The van der Waals surface area contributed by atoms with Crippen molar-refractivity contribution in [1.82, 2.24) is 10.3 Å². The van der Waals surface area contributed by atoms with Crippen LogP contribution in [0.1, 0.15) is 42.7 Å². The molecule has 1 heterocycles. The van der Waals surface area contributed by atoms with Gasteiger partial charge in [-0.2, -0.15) is 0 Å². The first-order chi connectivity index (χ1) is 17.6. The lowest BCUT2D eigenvalue weighted by Crippen LogP contribution is -2.42. The third-order valence-corrected chi connectivity index (χ3v) is 7.13. The van der Waals surface area contributed by atoms with Gasteiger partial charge in [-0.05, 0) is 42.9 Å². The number of hydrogen-bond donors (Lipinski definition) is 2. The Morgan fingerprint density at radius 3 is 1.97 bits per heavy atom. The van der Waals surface area contributed by atoms with E-state index in [4.69, 9.17) is 4.98 Å². The van der Waals surface area contributed by atoms with E-state index in [1.54, 1.807) is 0 Å². The fourth-order valence-corrected chi connectivity index (χ4v) is 5.26. The summed E-state index contributed by atoms with van der Waals surface area (Å²) in [4.78, 5) is 20.5. The molecule has 5 rings (SSSR count). The molecule has 3 aromatic carbocycles. The van der Waals surface area contributed by atoms with Gasteiger partial charge in [-0.3, -0.25) is 4.79 Å². The van der Waals surface area contributed by atoms with Crippen LogP contribution in [0, 0.1) is 0 Å². The standard InChI is InChI=1S/C31H34N4O/c1-35(2)28-21-29(34-27-16-10-9-15-26(27)28)32-24-17-19-25(20-18-24)33-31(36)30(22-11-5-3-6-12-22)23-13-7-4-8-14-23/h3-16,21,24-25,30H,17-20H2,1-2H3,(H,32,34)(H,33,36)/t24-,25+. The largest absolute Gasteiger partial charge is 0.377 e. The second-order valence-electron chi connectivity index (χ2n) is 9.89. The normalized spacial score (nSPS) is 17.6. The van der Waals surface area contributed by atoms with Gasteiger partial charge in [0, 0.05) is 43.3 Å². The number of carbonyl (C=O) groups excluding carboxylic acids is 1. The monoisotopic (exact) mass is 478 g/mol. The van der Waals surface area contributed by atoms with Gasteiger partial charge >= 0.3 is 0 Å². The van der Waals surface area contributed by atoms with Gasteiger partial charge in [0.05, 0.1) is 11.4 Å². The number of carbonyl (C=O) groups is 1. The van der Waals surface area contributed by atoms with Gasteiger partial charge in [0.25, 0.3) is 0 Å². The number of para-hydroxylation sites is 1. The first-order valence-electron chi connectivity index (χ1n) is 12.8. The summed E-state index contributed by atoms with van der Waals surface area (Å²) >= 11 is 0. The minimum atomic E-state index is -0.297. The Labute approximate surface area is 213 Å². The summed E-state index contributed by atoms with van der Waals surface area (Å²) in [5.41, 5.74) is 4.21. The van der Waals surface area contributed by atoms with E-state index in [-0.39, 0.29) is 17.9 Å². The van der Waals surface area contributed by atoms with Crippen LogP contribution in [0.5, 0.6) is 0 Å². The maximum Gasteiger partial charge on any atom is 0.232 e. The molecule has 4 aromatic rings. The van der Waals surface area contributed by atoms with Crippen LogP contribution >= 0.6 is 0 Å². The summed E-state index contributed by atoms with van der Waals surface area (Å²) in [5.74, 6) is 0.697. The molecule has 0 saturated heterocycles. The number of amides is 1. The van der Waals surface area contributed by atoms with Crippen molar-refractivity contribution < 1.29 is 4.79 Å². The maximum atomic E-state index is 13.5. The van der Waals surface area contributed by atoms with Gasteiger partial charge in [0.15, 0.2) is 0 Å². The molecule has 5 heteroatoms. The molecule has 1 aromatic heterocycles. The molecule has 1 aliphatic carbocycles. The summed E-state index contributed by atoms with van der Waals surface area (Å²) in [6.45, 7) is 0. The number of nitrogens with zero attached hydrogens (tertiary/aromatic N) is 2. The van der Waals surface area contributed by atoms with Crippen LogP contribution in [0.3, 0.4) is 0 Å². The average Bonchev–Trinajstić information content (AvgIpc) is 2.91. The van der Waals surface area contributed by atoms with Crippen molar-refractivity contribution in [1.29, 1.82) is 0 Å². The molecule has 1 saturated carbocycles. The topological polar surface area (TPSA) is 57.3 Å². The van der Waals surface area contributed by atoms with E-state index in [1.165, 1.54) is 0 Å². The molecule has 0 unspecified atom stereocenters. The number of anilines is 2. The Morgan fingerprint density at radius 1 is 0.806 bits per heavy atom. The quantitative estimate of drug-likeness (QED) is 0.343. The molecule has 2 N–H and O–H groups in total. The van der Waals surface area contributed by atoms with Crippen LogP contribution in [0.2, 0.25) is 0 Å². The third-order valence-electron chi connectivity index (χ3n) is 7.13. The van der Waals surface area contributed by atoms with Gasteiger partial charge in [0.2, 0.25) is 5.91 Å². The molecule has 1 fully saturated rings. The van der Waals surface area contributed by atoms with Crippen molar-refractivity contribution in [2.24, 2.45) is 0 Å². The highest BCUT2D eigenvalue weighted by Gasteiger charge is 2.28. The maximum absolute atomic E-state index is 13.5. The molecule has 0 spiro atoms. The SMILES string of the molecule is CN(C)c1cc(N[C@H]2CC[C@@H](NC(=O)C(c3ccccc3)c3ccccc3)CC2)nc2ccccc12. The van der Waals surface area contributed by atoms with Crippen molar-refractivity contribution >= 4 is 28.3 Å². The molecule has 0 aliphatic heterocycles. The third kappa shape index (κ3) is 5.35. The summed E-state index contributed by atoms with van der Waals surface area (Å²) < 4.78 is 0. The Balaban J connectivity index is 1.24. The zero-order chi connectivity index (χ0) is 24.9. The van der Waals surface area contributed by atoms with Crippen LogP contribution in [-0.2, 0) is 4.79 Å². The Kier molecular flexibility index (Phi) is 7.17. The molecule has 0 radical (unpaired) electrons. The van der Waals surface area contributed by atoms with E-state index >= 15 is 0 Å². The van der Waals surface area contributed by atoms with Crippen molar-refractivity contribution in [3.05, 3.63) is 102 Å². The van der Waals surface area contributed by atoms with Crippen molar-refractivity contribution in [3.63, 3.8) is 0 Å². The van der Waals surface area contributed by atoms with E-state index in [1.807, 2.05) is 66.7 Å². The van der Waals surface area contributed by atoms with Crippen LogP contribution in [-0.4, -0.2) is 37.1 Å². The Hall–Kier alpha value is -3.86. The highest BCUT2D eigenvalue weighted by atomic mass is 16.1. The lowest BCUT2D eigenvalue weighted by Gasteiger charge is -2.31. The van der Waals surface area contributed by atoms with E-state index in [0.29, 0.717) is 6.04 Å². The Bertz CT molecular complexity index is 1260. The van der Waals surface area contributed by atoms with Crippen LogP contribution in [0.15, 0.2) is 91.0 Å². The summed E-state index contributed by atoms with van der Waals surface area (Å²) in [5, 5.41) is 8.18. The van der Waals surface area contributed by atoms with Crippen LogP contribution < -0.4 is 15.5 Å². The predicted molar refractivity (Wildman–Crippen MR) is 149 cm³/mol. The molecular formula is C31H34N4O. The molecule has 0 atom stereocenters. The van der Waals surface area contributed by atoms with Gasteiger partial charge in [0.1, 0.15) is 5.82 Å². The zero-order valence-electron chi connectivity index (χ0n) is 21.0. The highest BCUT2D eigenvalue weighted by molar-refractivity contribution is 5.93. The molecule has 1 aliphatic rings. The number of rotatable bonds is 7. The number of pyridine rings is 1. The first-order valence-corrected chi connectivity index (χ1v) is 12.8. The lowest BCUT2D eigenvalue weighted by molar-refractivity contribution is -0.122. The van der Waals surface area contributed by atoms with Gasteiger partial charge < -0.3 is 15.5 Å². The van der Waals surface area contributed by atoms with Crippen LogP contribution in [0.4, 0.5) is 11.5 Å². The second-order valence-corrected chi connectivity index (χ2v) is 9.89. The van der Waals surface area contributed by atoms with Crippen molar-refractivity contribution in [3.8, 4) is 0 Å². The summed E-state index contributed by atoms with van der Waals surface area (Å²) in [7, 11) is 4.13. The number of nitrogens with one attached hydrogen (secondary N) is 2. The number of fused-ring (bicyclic) bond motifs is 1. The smallest absolute Gasteiger partial charge is 0.232 e. The molecule has 5 nitrogen and oxygen atoms in total. The molecule has 1 amide bonds. The summed E-state index contributed by atoms with van der Waals surface area (Å²) in [6.07, 6.45) is 3.90. The minimum absolute atomic E-state index is 0.0793. The minimum Gasteiger partial charge on any atom is -0.377 e. The van der Waals surface area contributed by atoms with E-state index in [2.05, 4.69) is 53.9 Å². The Morgan fingerprint density at radius 2 is 1.36 bits per heavy atom. The molecule has 0 bridgehead atoms. The first kappa shape index (κ1) is 23.9. The van der Waals surface area contributed by atoms with Gasteiger partial charge in [-0.25, -0.2) is 4.98 Å². The highest BCUT2D eigenvalue weighted by Crippen LogP contribution is 2.30. The van der Waals surface area contributed by atoms with Crippen molar-refractivity contribution in [2.45, 2.75) is 43.7 Å². The van der Waals surface area contributed by atoms with Crippen LogP contribution in [0.25, 0.3) is 10.9 Å². The van der Waals surface area contributed by atoms with E-state index in [9.17, 15) is 4.79 Å². The molecular weight excluding hydrogens is 444 g/mol. The predicted octanol–water partition coefficient (Wildman–Crippen LogP) is 5.97. The second kappa shape index (κ2) is 10.8. The number of benzene rings is 3. The lowest BCUT2D eigenvalue weighted by atomic mass is 9.88. The fraction of sp³-hybridized carbons (Fsp3) is 0.290. The fourth-order valence-electron chi connectivity index (χ4n) is 5.26. The zero-order valence-corrected chi connectivity index (χ0v) is 21.0. The number of hydrogen-bond acceptors (Lipinski definition) is 4. The molecule has 184 valence electrons. The van der Waals surface area contributed by atoms with Gasteiger partial charge in [-0.15, -0.1) is 0 Å².